The zero-order valence-electron chi connectivity index (χ0n) is 9.35. The fourth-order valence-electron chi connectivity index (χ4n) is 2.61. The van der Waals surface area contributed by atoms with E-state index in [1.165, 1.54) is 23.3 Å². The molecule has 3 nitrogen and oxygen atoms in total. The molecule has 90 valence electrons. The van der Waals surface area contributed by atoms with Gasteiger partial charge in [0.05, 0.1) is 18.3 Å². The van der Waals surface area contributed by atoms with Crippen LogP contribution in [0.2, 0.25) is 0 Å². The highest BCUT2D eigenvalue weighted by atomic mass is 32.1. The van der Waals surface area contributed by atoms with Crippen LogP contribution in [0.3, 0.4) is 0 Å². The molecule has 0 saturated heterocycles. The molecule has 0 aromatic carbocycles. The largest absolute Gasteiger partial charge is 0.390 e. The number of thiophene rings is 1. The van der Waals surface area contributed by atoms with E-state index in [0.717, 1.165) is 12.1 Å². The van der Waals surface area contributed by atoms with Gasteiger partial charge >= 0.3 is 0 Å². The first kappa shape index (κ1) is 11.2. The van der Waals surface area contributed by atoms with Crippen molar-refractivity contribution in [1.82, 2.24) is 9.55 Å². The van der Waals surface area contributed by atoms with E-state index >= 15 is 0 Å². The molecule has 2 heterocycles. The molecule has 1 aliphatic carbocycles. The number of H-pyrrole nitrogens is 1. The Kier molecular flexibility index (Phi) is 2.90. The van der Waals surface area contributed by atoms with Crippen molar-refractivity contribution in [3.63, 3.8) is 0 Å². The maximum Gasteiger partial charge on any atom is 0.177 e. The van der Waals surface area contributed by atoms with Crippen molar-refractivity contribution >= 4 is 23.6 Å². The Morgan fingerprint density at radius 3 is 3.29 bits per heavy atom. The highest BCUT2D eigenvalue weighted by molar-refractivity contribution is 7.71. The first-order valence-electron chi connectivity index (χ1n) is 5.77. The van der Waals surface area contributed by atoms with Gasteiger partial charge in [-0.15, -0.1) is 11.3 Å². The summed E-state index contributed by atoms with van der Waals surface area (Å²) in [6.45, 7) is 0.0309. The Morgan fingerprint density at radius 2 is 2.47 bits per heavy atom. The lowest BCUT2D eigenvalue weighted by atomic mass is 9.94. The Morgan fingerprint density at radius 1 is 1.59 bits per heavy atom. The second-order valence-corrected chi connectivity index (χ2v) is 5.71. The van der Waals surface area contributed by atoms with E-state index in [-0.39, 0.29) is 6.61 Å². The molecule has 0 aliphatic heterocycles. The number of aliphatic hydroxyl groups excluding tert-OH is 1. The van der Waals surface area contributed by atoms with E-state index in [9.17, 15) is 5.11 Å². The highest BCUT2D eigenvalue weighted by Crippen LogP contribution is 2.36. The normalized spacial score (nSPS) is 19.2. The number of nitrogens with zero attached hydrogens (tertiary/aromatic N) is 1. The molecular weight excluding hydrogens is 252 g/mol. The monoisotopic (exact) mass is 266 g/mol. The van der Waals surface area contributed by atoms with Crippen molar-refractivity contribution < 1.29 is 5.11 Å². The molecular formula is C12H14N2OS2. The number of aromatic nitrogens is 2. The smallest absolute Gasteiger partial charge is 0.177 e. The molecule has 0 bridgehead atoms. The number of fused-ring (bicyclic) bond motifs is 1. The molecule has 1 unspecified atom stereocenters. The molecule has 5 heteroatoms. The van der Waals surface area contributed by atoms with Gasteiger partial charge in [0.1, 0.15) is 0 Å². The Bertz CT molecular complexity index is 581. The van der Waals surface area contributed by atoms with Crippen LogP contribution in [-0.4, -0.2) is 14.7 Å². The Labute approximate surface area is 109 Å². The molecule has 0 amide bonds. The third-order valence-electron chi connectivity index (χ3n) is 3.38. The highest BCUT2D eigenvalue weighted by Gasteiger charge is 2.24. The standard InChI is InChI=1S/C12H14N2OS2/c15-7-8-6-13-12(16)14(8)10-2-1-3-11-9(10)4-5-17-11/h4-6,10,15H,1-3,7H2,(H,13,16). The van der Waals surface area contributed by atoms with Crippen molar-refractivity contribution in [2.75, 3.05) is 0 Å². The van der Waals surface area contributed by atoms with E-state index in [2.05, 4.69) is 21.0 Å². The van der Waals surface area contributed by atoms with Gasteiger partial charge in [0.15, 0.2) is 4.77 Å². The average molecular weight is 266 g/mol. The lowest BCUT2D eigenvalue weighted by Crippen LogP contribution is -2.17. The van der Waals surface area contributed by atoms with Crippen LogP contribution >= 0.6 is 23.6 Å². The minimum Gasteiger partial charge on any atom is -0.390 e. The zero-order chi connectivity index (χ0) is 11.8. The third kappa shape index (κ3) is 1.78. The van der Waals surface area contributed by atoms with Crippen LogP contribution in [0.25, 0.3) is 0 Å². The summed E-state index contributed by atoms with van der Waals surface area (Å²) in [6.07, 6.45) is 5.28. The molecule has 3 rings (SSSR count). The molecule has 2 aromatic rings. The third-order valence-corrected chi connectivity index (χ3v) is 4.70. The van der Waals surface area contributed by atoms with Crippen molar-refractivity contribution in [3.05, 3.63) is 38.5 Å². The van der Waals surface area contributed by atoms with Crippen molar-refractivity contribution in [1.29, 1.82) is 0 Å². The van der Waals surface area contributed by atoms with Gasteiger partial charge in [-0.05, 0) is 48.5 Å². The van der Waals surface area contributed by atoms with E-state index in [0.29, 0.717) is 10.8 Å². The predicted octanol–water partition coefficient (Wildman–Crippen LogP) is 3.03. The molecule has 0 saturated carbocycles. The molecule has 0 spiro atoms. The van der Waals surface area contributed by atoms with Gasteiger partial charge in [-0.1, -0.05) is 0 Å². The van der Waals surface area contributed by atoms with Gasteiger partial charge in [0.25, 0.3) is 0 Å². The summed E-state index contributed by atoms with van der Waals surface area (Å²) < 4.78 is 2.78. The summed E-state index contributed by atoms with van der Waals surface area (Å²) >= 11 is 7.15. The molecule has 1 aliphatic rings. The number of aryl methyl sites for hydroxylation is 1. The maximum atomic E-state index is 9.38. The van der Waals surface area contributed by atoms with E-state index in [1.54, 1.807) is 0 Å². The number of aliphatic hydroxyl groups is 1. The van der Waals surface area contributed by atoms with Crippen LogP contribution in [0, 0.1) is 4.77 Å². The SMILES string of the molecule is OCc1c[nH]c(=S)n1C1CCCc2sccc21. The van der Waals surface area contributed by atoms with Crippen LogP contribution in [0.4, 0.5) is 0 Å². The zero-order valence-corrected chi connectivity index (χ0v) is 11.0. The maximum absolute atomic E-state index is 9.38. The topological polar surface area (TPSA) is 40.9 Å². The Balaban J connectivity index is 2.12. The minimum atomic E-state index is 0.0309. The quantitative estimate of drug-likeness (QED) is 0.820. The van der Waals surface area contributed by atoms with Crippen LogP contribution in [0.5, 0.6) is 0 Å². The fraction of sp³-hybridized carbons (Fsp3) is 0.417. The van der Waals surface area contributed by atoms with Gasteiger partial charge in [-0.3, -0.25) is 0 Å². The van der Waals surface area contributed by atoms with Crippen LogP contribution in [0.1, 0.15) is 35.0 Å². The molecule has 0 fully saturated rings. The molecule has 2 N–H and O–H groups in total. The van der Waals surface area contributed by atoms with E-state index in [1.807, 2.05) is 17.5 Å². The van der Waals surface area contributed by atoms with E-state index < -0.39 is 0 Å². The summed E-state index contributed by atoms with van der Waals surface area (Å²) in [6, 6.07) is 2.49. The van der Waals surface area contributed by atoms with Gasteiger partial charge in [0, 0.05) is 11.1 Å². The number of imidazole rings is 1. The number of hydrogen-bond donors (Lipinski definition) is 2. The first-order valence-corrected chi connectivity index (χ1v) is 7.06. The summed E-state index contributed by atoms with van der Waals surface area (Å²) in [5.74, 6) is 0. The number of aromatic amines is 1. The van der Waals surface area contributed by atoms with Crippen LogP contribution < -0.4 is 0 Å². The average Bonchev–Trinajstić information content (AvgIpc) is 2.94. The van der Waals surface area contributed by atoms with Gasteiger partial charge < -0.3 is 14.7 Å². The minimum absolute atomic E-state index is 0.0309. The molecule has 1 atom stereocenters. The van der Waals surface area contributed by atoms with Gasteiger partial charge in [-0.2, -0.15) is 0 Å². The second kappa shape index (κ2) is 4.40. The molecule has 2 aromatic heterocycles. The first-order chi connectivity index (χ1) is 8.31. The summed E-state index contributed by atoms with van der Waals surface area (Å²) in [4.78, 5) is 4.50. The van der Waals surface area contributed by atoms with Crippen LogP contribution in [-0.2, 0) is 13.0 Å². The van der Waals surface area contributed by atoms with Gasteiger partial charge in [-0.25, -0.2) is 0 Å². The molecule has 17 heavy (non-hydrogen) atoms. The van der Waals surface area contributed by atoms with Gasteiger partial charge in [0.2, 0.25) is 0 Å². The summed E-state index contributed by atoms with van der Waals surface area (Å²) in [5.41, 5.74) is 2.26. The predicted molar refractivity (Wildman–Crippen MR) is 70.9 cm³/mol. The van der Waals surface area contributed by atoms with Crippen molar-refractivity contribution in [2.45, 2.75) is 31.9 Å². The van der Waals surface area contributed by atoms with Crippen LogP contribution in [0.15, 0.2) is 17.6 Å². The second-order valence-electron chi connectivity index (χ2n) is 4.32. The fourth-order valence-corrected chi connectivity index (χ4v) is 3.89. The summed E-state index contributed by atoms with van der Waals surface area (Å²) in [5, 5.41) is 11.5. The molecule has 0 radical (unpaired) electrons. The number of nitrogens with one attached hydrogen (secondary N) is 1. The van der Waals surface area contributed by atoms with Crippen molar-refractivity contribution in [2.24, 2.45) is 0 Å². The van der Waals surface area contributed by atoms with Crippen molar-refractivity contribution in [3.8, 4) is 0 Å². The Hall–Kier alpha value is -0.910. The number of rotatable bonds is 2. The van der Waals surface area contributed by atoms with E-state index in [4.69, 9.17) is 12.2 Å². The lowest BCUT2D eigenvalue weighted by molar-refractivity contribution is 0.266. The lowest BCUT2D eigenvalue weighted by Gasteiger charge is -2.25. The number of hydrogen-bond acceptors (Lipinski definition) is 3. The summed E-state index contributed by atoms with van der Waals surface area (Å²) in [7, 11) is 0.